The molecule has 5 nitrogen and oxygen atoms in total. The van der Waals surface area contributed by atoms with Crippen LogP contribution in [-0.4, -0.2) is 48.9 Å². The van der Waals surface area contributed by atoms with E-state index in [4.69, 9.17) is 0 Å². The molecular formula is C13H23N3O2. The van der Waals surface area contributed by atoms with E-state index < -0.39 is 0 Å². The molecule has 2 fully saturated rings. The Kier molecular flexibility index (Phi) is 4.99. The van der Waals surface area contributed by atoms with E-state index in [1.807, 2.05) is 4.90 Å². The largest absolute Gasteiger partial charge is 0.353 e. The summed E-state index contributed by atoms with van der Waals surface area (Å²) in [7, 11) is 0. The lowest BCUT2D eigenvalue weighted by molar-refractivity contribution is -0.134. The van der Waals surface area contributed by atoms with Crippen molar-refractivity contribution in [2.75, 3.05) is 26.2 Å². The first-order chi connectivity index (χ1) is 8.75. The van der Waals surface area contributed by atoms with E-state index in [2.05, 4.69) is 10.6 Å². The molecule has 0 aromatic heterocycles. The van der Waals surface area contributed by atoms with Crippen LogP contribution >= 0.6 is 0 Å². The lowest BCUT2D eigenvalue weighted by Crippen LogP contribution is -2.46. The minimum absolute atomic E-state index is 0.0328. The van der Waals surface area contributed by atoms with Gasteiger partial charge in [-0.3, -0.25) is 9.59 Å². The first-order valence-electron chi connectivity index (χ1n) is 7.03. The summed E-state index contributed by atoms with van der Waals surface area (Å²) in [5.74, 6) is 0.142. The van der Waals surface area contributed by atoms with Gasteiger partial charge in [0.15, 0.2) is 0 Å². The molecule has 0 atom stereocenters. The van der Waals surface area contributed by atoms with Crippen LogP contribution in [0.5, 0.6) is 0 Å². The second-order valence-corrected chi connectivity index (χ2v) is 5.18. The van der Waals surface area contributed by atoms with Crippen LogP contribution in [0.2, 0.25) is 0 Å². The molecular weight excluding hydrogens is 230 g/mol. The van der Waals surface area contributed by atoms with Gasteiger partial charge in [0.25, 0.3) is 0 Å². The van der Waals surface area contributed by atoms with Crippen LogP contribution in [0.4, 0.5) is 0 Å². The molecule has 1 heterocycles. The van der Waals surface area contributed by atoms with Gasteiger partial charge in [-0.25, -0.2) is 0 Å². The Morgan fingerprint density at radius 3 is 2.44 bits per heavy atom. The Bertz CT molecular complexity index is 295. The molecule has 2 aliphatic rings. The maximum absolute atomic E-state index is 11.9. The van der Waals surface area contributed by atoms with Crippen LogP contribution in [0.25, 0.3) is 0 Å². The van der Waals surface area contributed by atoms with Gasteiger partial charge in [0.1, 0.15) is 0 Å². The number of hydrogen-bond donors (Lipinski definition) is 2. The fourth-order valence-electron chi connectivity index (χ4n) is 2.66. The highest BCUT2D eigenvalue weighted by Crippen LogP contribution is 2.17. The van der Waals surface area contributed by atoms with Gasteiger partial charge in [0.05, 0.1) is 0 Å². The van der Waals surface area contributed by atoms with Crippen LogP contribution in [0, 0.1) is 0 Å². The summed E-state index contributed by atoms with van der Waals surface area (Å²) in [6.07, 6.45) is 5.29. The highest BCUT2D eigenvalue weighted by molar-refractivity contribution is 5.84. The van der Waals surface area contributed by atoms with Crippen molar-refractivity contribution in [3.8, 4) is 0 Å². The van der Waals surface area contributed by atoms with E-state index in [0.717, 1.165) is 39.0 Å². The van der Waals surface area contributed by atoms with Gasteiger partial charge < -0.3 is 15.5 Å². The maximum Gasteiger partial charge on any atom is 0.223 e. The van der Waals surface area contributed by atoms with Gasteiger partial charge in [-0.2, -0.15) is 0 Å². The number of amides is 2. The molecule has 0 aromatic carbocycles. The summed E-state index contributed by atoms with van der Waals surface area (Å²) in [6, 6.07) is 0.354. The van der Waals surface area contributed by atoms with Crippen molar-refractivity contribution in [3.63, 3.8) is 0 Å². The Morgan fingerprint density at radius 2 is 1.78 bits per heavy atom. The number of rotatable bonds is 4. The van der Waals surface area contributed by atoms with Crippen molar-refractivity contribution in [3.05, 3.63) is 0 Å². The SMILES string of the molecule is O=C(CCC(=O)N1CCNCC1)NC1CCCC1. The molecule has 5 heteroatoms. The van der Waals surface area contributed by atoms with Crippen molar-refractivity contribution in [1.82, 2.24) is 15.5 Å². The Labute approximate surface area is 108 Å². The second kappa shape index (κ2) is 6.73. The molecule has 1 aliphatic carbocycles. The molecule has 102 valence electrons. The first-order valence-corrected chi connectivity index (χ1v) is 7.03. The summed E-state index contributed by atoms with van der Waals surface area (Å²) in [5.41, 5.74) is 0. The average Bonchev–Trinajstić information content (AvgIpc) is 2.90. The molecule has 1 aliphatic heterocycles. The fraction of sp³-hybridized carbons (Fsp3) is 0.846. The molecule has 0 aromatic rings. The second-order valence-electron chi connectivity index (χ2n) is 5.18. The van der Waals surface area contributed by atoms with Crippen LogP contribution < -0.4 is 10.6 Å². The van der Waals surface area contributed by atoms with Gasteiger partial charge in [-0.15, -0.1) is 0 Å². The first kappa shape index (κ1) is 13.3. The molecule has 2 amide bonds. The third-order valence-electron chi connectivity index (χ3n) is 3.76. The predicted octanol–water partition coefficient (Wildman–Crippen LogP) is 0.257. The molecule has 0 spiro atoms. The van der Waals surface area contributed by atoms with Crippen molar-refractivity contribution in [2.45, 2.75) is 44.6 Å². The van der Waals surface area contributed by atoms with Gasteiger partial charge in [-0.05, 0) is 12.8 Å². The summed E-state index contributed by atoms with van der Waals surface area (Å²) < 4.78 is 0. The van der Waals surface area contributed by atoms with E-state index in [9.17, 15) is 9.59 Å². The Balaban J connectivity index is 1.63. The number of carbonyl (C=O) groups is 2. The van der Waals surface area contributed by atoms with E-state index in [1.54, 1.807) is 0 Å². The average molecular weight is 253 g/mol. The van der Waals surface area contributed by atoms with E-state index >= 15 is 0 Å². The standard InChI is InChI=1S/C13H23N3O2/c17-12(15-11-3-1-2-4-11)5-6-13(18)16-9-7-14-8-10-16/h11,14H,1-10H2,(H,15,17). The summed E-state index contributed by atoms with van der Waals surface area (Å²) in [6.45, 7) is 3.26. The number of hydrogen-bond acceptors (Lipinski definition) is 3. The lowest BCUT2D eigenvalue weighted by atomic mass is 10.2. The Hall–Kier alpha value is -1.10. The highest BCUT2D eigenvalue weighted by Gasteiger charge is 2.19. The lowest BCUT2D eigenvalue weighted by Gasteiger charge is -2.27. The zero-order valence-corrected chi connectivity index (χ0v) is 10.9. The Morgan fingerprint density at radius 1 is 1.11 bits per heavy atom. The molecule has 1 saturated heterocycles. The smallest absolute Gasteiger partial charge is 0.223 e. The third-order valence-corrected chi connectivity index (χ3v) is 3.76. The molecule has 0 unspecified atom stereocenters. The summed E-state index contributed by atoms with van der Waals surface area (Å²) >= 11 is 0. The minimum atomic E-state index is 0.0328. The molecule has 1 saturated carbocycles. The monoisotopic (exact) mass is 253 g/mol. The van der Waals surface area contributed by atoms with Crippen LogP contribution in [0.1, 0.15) is 38.5 Å². The van der Waals surface area contributed by atoms with E-state index in [1.165, 1.54) is 12.8 Å². The van der Waals surface area contributed by atoms with Crippen molar-refractivity contribution < 1.29 is 9.59 Å². The normalized spacial score (nSPS) is 21.0. The van der Waals surface area contributed by atoms with E-state index in [-0.39, 0.29) is 11.8 Å². The van der Waals surface area contributed by atoms with Gasteiger partial charge in [0.2, 0.25) is 11.8 Å². The number of piperazine rings is 1. The van der Waals surface area contributed by atoms with Crippen LogP contribution in [-0.2, 0) is 9.59 Å². The topological polar surface area (TPSA) is 61.4 Å². The van der Waals surface area contributed by atoms with Crippen LogP contribution in [0.15, 0.2) is 0 Å². The summed E-state index contributed by atoms with van der Waals surface area (Å²) in [4.78, 5) is 25.4. The van der Waals surface area contributed by atoms with Crippen molar-refractivity contribution >= 4 is 11.8 Å². The summed E-state index contributed by atoms with van der Waals surface area (Å²) in [5, 5.41) is 6.22. The molecule has 0 bridgehead atoms. The zero-order valence-electron chi connectivity index (χ0n) is 10.9. The van der Waals surface area contributed by atoms with E-state index in [0.29, 0.717) is 18.9 Å². The quantitative estimate of drug-likeness (QED) is 0.755. The molecule has 2 N–H and O–H groups in total. The predicted molar refractivity (Wildman–Crippen MR) is 69.1 cm³/mol. The zero-order chi connectivity index (χ0) is 12.8. The number of carbonyl (C=O) groups excluding carboxylic acids is 2. The van der Waals surface area contributed by atoms with Crippen molar-refractivity contribution in [2.24, 2.45) is 0 Å². The van der Waals surface area contributed by atoms with Crippen molar-refractivity contribution in [1.29, 1.82) is 0 Å². The third kappa shape index (κ3) is 3.98. The van der Waals surface area contributed by atoms with Gasteiger partial charge in [0, 0.05) is 45.1 Å². The maximum atomic E-state index is 11.9. The van der Waals surface area contributed by atoms with Crippen LogP contribution in [0.3, 0.4) is 0 Å². The minimum Gasteiger partial charge on any atom is -0.353 e. The molecule has 18 heavy (non-hydrogen) atoms. The fourth-order valence-corrected chi connectivity index (χ4v) is 2.66. The highest BCUT2D eigenvalue weighted by atomic mass is 16.2. The number of nitrogens with one attached hydrogen (secondary N) is 2. The molecule has 0 radical (unpaired) electrons. The molecule has 2 rings (SSSR count). The van der Waals surface area contributed by atoms with Gasteiger partial charge >= 0.3 is 0 Å². The number of nitrogens with zero attached hydrogens (tertiary/aromatic N) is 1. The van der Waals surface area contributed by atoms with Gasteiger partial charge in [-0.1, -0.05) is 12.8 Å².